The van der Waals surface area contributed by atoms with Crippen molar-refractivity contribution in [1.82, 2.24) is 10.2 Å². The van der Waals surface area contributed by atoms with Crippen LogP contribution >= 0.6 is 15.9 Å². The number of aryl methyl sites for hydroxylation is 1. The Kier molecular flexibility index (Phi) is 7.85. The lowest BCUT2D eigenvalue weighted by Gasteiger charge is -2.31. The standard InChI is InChI=1S/C23H29BrN2O3/c1-16-7-6-8-18(13-16)14-26(17(2)22(28)25-23(3,4)5)21(27)15-29-20-11-9-19(24)10-12-20/h6-13,17H,14-15H2,1-5H3,(H,25,28)/t17-/m1/s1. The Balaban J connectivity index is 2.16. The number of carbonyl (C=O) groups is 2. The fourth-order valence-electron chi connectivity index (χ4n) is 2.82. The van der Waals surface area contributed by atoms with Crippen molar-refractivity contribution in [2.45, 2.75) is 52.7 Å². The van der Waals surface area contributed by atoms with E-state index in [0.29, 0.717) is 12.3 Å². The largest absolute Gasteiger partial charge is 0.484 e. The number of hydrogen-bond donors (Lipinski definition) is 1. The summed E-state index contributed by atoms with van der Waals surface area (Å²) in [4.78, 5) is 27.3. The molecular formula is C23H29BrN2O3. The number of nitrogens with one attached hydrogen (secondary N) is 1. The van der Waals surface area contributed by atoms with Gasteiger partial charge >= 0.3 is 0 Å². The van der Waals surface area contributed by atoms with Gasteiger partial charge in [-0.1, -0.05) is 45.8 Å². The summed E-state index contributed by atoms with van der Waals surface area (Å²) >= 11 is 3.38. The van der Waals surface area contributed by atoms with Crippen molar-refractivity contribution in [1.29, 1.82) is 0 Å². The lowest BCUT2D eigenvalue weighted by molar-refractivity contribution is -0.142. The van der Waals surface area contributed by atoms with E-state index in [9.17, 15) is 9.59 Å². The summed E-state index contributed by atoms with van der Waals surface area (Å²) in [6.45, 7) is 9.70. The van der Waals surface area contributed by atoms with E-state index < -0.39 is 6.04 Å². The zero-order valence-corrected chi connectivity index (χ0v) is 19.2. The van der Waals surface area contributed by atoms with Gasteiger partial charge in [-0.15, -0.1) is 0 Å². The molecule has 0 bridgehead atoms. The van der Waals surface area contributed by atoms with E-state index >= 15 is 0 Å². The number of hydrogen-bond acceptors (Lipinski definition) is 3. The smallest absolute Gasteiger partial charge is 0.261 e. The van der Waals surface area contributed by atoms with Crippen LogP contribution < -0.4 is 10.1 Å². The van der Waals surface area contributed by atoms with E-state index in [-0.39, 0.29) is 24.0 Å². The zero-order chi connectivity index (χ0) is 21.6. The van der Waals surface area contributed by atoms with Gasteiger partial charge in [-0.25, -0.2) is 0 Å². The van der Waals surface area contributed by atoms with E-state index in [4.69, 9.17) is 4.74 Å². The highest BCUT2D eigenvalue weighted by Crippen LogP contribution is 2.17. The SMILES string of the molecule is Cc1cccc(CN(C(=O)COc2ccc(Br)cc2)[C@H](C)C(=O)NC(C)(C)C)c1. The molecule has 0 radical (unpaired) electrons. The van der Waals surface area contributed by atoms with Crippen LogP contribution in [-0.4, -0.2) is 34.9 Å². The average Bonchev–Trinajstić information content (AvgIpc) is 2.63. The summed E-state index contributed by atoms with van der Waals surface area (Å²) in [5.74, 6) is 0.164. The number of carbonyl (C=O) groups excluding carboxylic acids is 2. The first-order valence-electron chi connectivity index (χ1n) is 9.60. The first kappa shape index (κ1) is 22.9. The highest BCUT2D eigenvalue weighted by Gasteiger charge is 2.28. The van der Waals surface area contributed by atoms with E-state index in [1.807, 2.05) is 64.1 Å². The summed E-state index contributed by atoms with van der Waals surface area (Å²) in [6.07, 6.45) is 0. The highest BCUT2D eigenvalue weighted by atomic mass is 79.9. The average molecular weight is 461 g/mol. The molecule has 2 amide bonds. The van der Waals surface area contributed by atoms with Crippen molar-refractivity contribution < 1.29 is 14.3 Å². The fourth-order valence-corrected chi connectivity index (χ4v) is 3.09. The van der Waals surface area contributed by atoms with Crippen molar-refractivity contribution in [3.05, 3.63) is 64.1 Å². The molecule has 0 fully saturated rings. The summed E-state index contributed by atoms with van der Waals surface area (Å²) in [7, 11) is 0. The van der Waals surface area contributed by atoms with Crippen molar-refractivity contribution in [3.8, 4) is 5.75 Å². The Morgan fingerprint density at radius 2 is 1.79 bits per heavy atom. The molecule has 0 aromatic heterocycles. The molecule has 5 nitrogen and oxygen atoms in total. The van der Waals surface area contributed by atoms with Gasteiger partial charge in [-0.3, -0.25) is 9.59 Å². The van der Waals surface area contributed by atoms with Gasteiger partial charge in [0.15, 0.2) is 6.61 Å². The van der Waals surface area contributed by atoms with Crippen LogP contribution in [0.3, 0.4) is 0 Å². The topological polar surface area (TPSA) is 58.6 Å². The van der Waals surface area contributed by atoms with E-state index in [2.05, 4.69) is 21.2 Å². The minimum absolute atomic E-state index is 0.138. The Bertz CT molecular complexity index is 844. The van der Waals surface area contributed by atoms with E-state index in [0.717, 1.165) is 15.6 Å². The number of amides is 2. The van der Waals surface area contributed by atoms with Crippen LogP contribution in [0.1, 0.15) is 38.8 Å². The van der Waals surface area contributed by atoms with Gasteiger partial charge in [-0.05, 0) is 64.4 Å². The number of halogens is 1. The maximum Gasteiger partial charge on any atom is 0.261 e. The van der Waals surface area contributed by atoms with Crippen LogP contribution in [0.15, 0.2) is 53.0 Å². The van der Waals surface area contributed by atoms with Gasteiger partial charge in [-0.2, -0.15) is 0 Å². The van der Waals surface area contributed by atoms with Gasteiger partial charge in [0.1, 0.15) is 11.8 Å². The third-order valence-electron chi connectivity index (χ3n) is 4.28. The molecule has 0 saturated carbocycles. The molecule has 2 rings (SSSR count). The molecule has 0 aliphatic rings. The molecule has 1 N–H and O–H groups in total. The molecule has 156 valence electrons. The lowest BCUT2D eigenvalue weighted by atomic mass is 10.1. The Labute approximate surface area is 181 Å². The minimum atomic E-state index is -0.629. The molecule has 2 aromatic rings. The third kappa shape index (κ3) is 7.54. The van der Waals surface area contributed by atoms with E-state index in [1.54, 1.807) is 24.0 Å². The molecule has 0 spiro atoms. The molecule has 0 unspecified atom stereocenters. The van der Waals surface area contributed by atoms with Gasteiger partial charge < -0.3 is 15.0 Å². The van der Waals surface area contributed by atoms with Crippen molar-refractivity contribution in [2.75, 3.05) is 6.61 Å². The summed E-state index contributed by atoms with van der Waals surface area (Å²) in [5, 5.41) is 2.95. The number of ether oxygens (including phenoxy) is 1. The van der Waals surface area contributed by atoms with Crippen LogP contribution in [0.5, 0.6) is 5.75 Å². The van der Waals surface area contributed by atoms with Crippen molar-refractivity contribution in [3.63, 3.8) is 0 Å². The predicted octanol–water partition coefficient (Wildman–Crippen LogP) is 4.47. The predicted molar refractivity (Wildman–Crippen MR) is 119 cm³/mol. The number of benzene rings is 2. The monoisotopic (exact) mass is 460 g/mol. The second kappa shape index (κ2) is 9.92. The molecule has 2 aromatic carbocycles. The lowest BCUT2D eigenvalue weighted by Crippen LogP contribution is -2.53. The van der Waals surface area contributed by atoms with Gasteiger partial charge in [0, 0.05) is 16.6 Å². The first-order chi connectivity index (χ1) is 13.5. The maximum atomic E-state index is 13.0. The zero-order valence-electron chi connectivity index (χ0n) is 17.7. The Morgan fingerprint density at radius 1 is 1.14 bits per heavy atom. The second-order valence-corrected chi connectivity index (χ2v) is 9.08. The summed E-state index contributed by atoms with van der Waals surface area (Å²) < 4.78 is 6.59. The number of nitrogens with zero attached hydrogens (tertiary/aromatic N) is 1. The van der Waals surface area contributed by atoms with Gasteiger partial charge in [0.2, 0.25) is 5.91 Å². The van der Waals surface area contributed by atoms with Crippen LogP contribution in [0.4, 0.5) is 0 Å². The van der Waals surface area contributed by atoms with Crippen LogP contribution in [0, 0.1) is 6.92 Å². The fraction of sp³-hybridized carbons (Fsp3) is 0.391. The highest BCUT2D eigenvalue weighted by molar-refractivity contribution is 9.10. The molecule has 0 heterocycles. The van der Waals surface area contributed by atoms with Crippen LogP contribution in [-0.2, 0) is 16.1 Å². The van der Waals surface area contributed by atoms with Gasteiger partial charge in [0.25, 0.3) is 5.91 Å². The molecule has 6 heteroatoms. The second-order valence-electron chi connectivity index (χ2n) is 8.17. The summed E-state index contributed by atoms with van der Waals surface area (Å²) in [5.41, 5.74) is 1.70. The van der Waals surface area contributed by atoms with Crippen LogP contribution in [0.25, 0.3) is 0 Å². The number of rotatable bonds is 7. The third-order valence-corrected chi connectivity index (χ3v) is 4.81. The van der Waals surface area contributed by atoms with Crippen molar-refractivity contribution in [2.24, 2.45) is 0 Å². The maximum absolute atomic E-state index is 13.0. The molecule has 0 saturated heterocycles. The first-order valence-corrected chi connectivity index (χ1v) is 10.4. The molecule has 0 aliphatic carbocycles. The van der Waals surface area contributed by atoms with Crippen molar-refractivity contribution >= 4 is 27.7 Å². The molecule has 1 atom stereocenters. The quantitative estimate of drug-likeness (QED) is 0.662. The molecule has 0 aliphatic heterocycles. The normalized spacial score (nSPS) is 12.2. The Hall–Kier alpha value is -2.34. The van der Waals surface area contributed by atoms with Gasteiger partial charge in [0.05, 0.1) is 0 Å². The van der Waals surface area contributed by atoms with Crippen LogP contribution in [0.2, 0.25) is 0 Å². The molecular weight excluding hydrogens is 432 g/mol. The summed E-state index contributed by atoms with van der Waals surface area (Å²) in [6, 6.07) is 14.6. The Morgan fingerprint density at radius 3 is 2.38 bits per heavy atom. The van der Waals surface area contributed by atoms with E-state index in [1.165, 1.54) is 0 Å². The molecule has 29 heavy (non-hydrogen) atoms. The minimum Gasteiger partial charge on any atom is -0.484 e.